The zero-order valence-corrected chi connectivity index (χ0v) is 12.6. The van der Waals surface area contributed by atoms with E-state index in [4.69, 9.17) is 0 Å². The molecule has 0 aromatic heterocycles. The van der Waals surface area contributed by atoms with E-state index in [1.165, 1.54) is 18.4 Å². The zero-order valence-electron chi connectivity index (χ0n) is 11.8. The molecule has 6 heteroatoms. The number of rotatable bonds is 6. The van der Waals surface area contributed by atoms with E-state index in [-0.39, 0.29) is 23.5 Å². The molecular formula is C13H22N2O3S. The van der Waals surface area contributed by atoms with Crippen LogP contribution >= 0.6 is 0 Å². The monoisotopic (exact) mass is 286 g/mol. The molecule has 2 N–H and O–H groups in total. The van der Waals surface area contributed by atoms with Crippen molar-refractivity contribution in [2.24, 2.45) is 5.92 Å². The van der Waals surface area contributed by atoms with Crippen molar-refractivity contribution in [2.75, 3.05) is 26.0 Å². The molecule has 0 bridgehead atoms. The van der Waals surface area contributed by atoms with Crippen molar-refractivity contribution in [1.29, 1.82) is 0 Å². The molecule has 0 unspecified atom stereocenters. The van der Waals surface area contributed by atoms with Crippen LogP contribution in [0, 0.1) is 5.92 Å². The van der Waals surface area contributed by atoms with Crippen LogP contribution in [0.4, 0.5) is 5.69 Å². The third kappa shape index (κ3) is 3.92. The van der Waals surface area contributed by atoms with Gasteiger partial charge in [0, 0.05) is 19.8 Å². The van der Waals surface area contributed by atoms with Gasteiger partial charge in [0.1, 0.15) is 0 Å². The lowest BCUT2D eigenvalue weighted by molar-refractivity contribution is 0.249. The average molecular weight is 286 g/mol. The van der Waals surface area contributed by atoms with Gasteiger partial charge in [0.2, 0.25) is 10.0 Å². The summed E-state index contributed by atoms with van der Waals surface area (Å²) in [6.07, 6.45) is 0. The van der Waals surface area contributed by atoms with Gasteiger partial charge in [-0.1, -0.05) is 13.8 Å². The van der Waals surface area contributed by atoms with Crippen LogP contribution in [0.5, 0.6) is 0 Å². The Bertz CT molecular complexity index is 495. The van der Waals surface area contributed by atoms with Crippen LogP contribution in [-0.2, 0) is 10.0 Å². The molecule has 19 heavy (non-hydrogen) atoms. The lowest BCUT2D eigenvalue weighted by Crippen LogP contribution is -2.29. The van der Waals surface area contributed by atoms with Crippen molar-refractivity contribution in [3.05, 3.63) is 24.3 Å². The van der Waals surface area contributed by atoms with E-state index in [1.807, 2.05) is 13.8 Å². The van der Waals surface area contributed by atoms with E-state index in [1.54, 1.807) is 24.3 Å². The van der Waals surface area contributed by atoms with E-state index in [2.05, 4.69) is 5.32 Å². The van der Waals surface area contributed by atoms with Gasteiger partial charge in [-0.2, -0.15) is 0 Å². The first-order valence-electron chi connectivity index (χ1n) is 6.19. The van der Waals surface area contributed by atoms with Crippen LogP contribution in [0.3, 0.4) is 0 Å². The van der Waals surface area contributed by atoms with Crippen LogP contribution in [0.1, 0.15) is 13.8 Å². The summed E-state index contributed by atoms with van der Waals surface area (Å²) < 4.78 is 25.0. The lowest BCUT2D eigenvalue weighted by atomic mass is 10.1. The van der Waals surface area contributed by atoms with E-state index in [9.17, 15) is 13.5 Å². The van der Waals surface area contributed by atoms with Gasteiger partial charge in [0.15, 0.2) is 0 Å². The number of aliphatic hydroxyl groups is 1. The molecule has 0 aliphatic rings. The fourth-order valence-corrected chi connectivity index (χ4v) is 2.47. The van der Waals surface area contributed by atoms with Crippen LogP contribution in [-0.4, -0.2) is 44.6 Å². The fourth-order valence-electron chi connectivity index (χ4n) is 1.57. The quantitative estimate of drug-likeness (QED) is 0.828. The van der Waals surface area contributed by atoms with Crippen molar-refractivity contribution in [3.8, 4) is 0 Å². The normalized spacial score (nSPS) is 13.8. The molecule has 108 valence electrons. The molecule has 5 nitrogen and oxygen atoms in total. The van der Waals surface area contributed by atoms with E-state index >= 15 is 0 Å². The van der Waals surface area contributed by atoms with Gasteiger partial charge < -0.3 is 10.4 Å². The Morgan fingerprint density at radius 3 is 2.11 bits per heavy atom. The highest BCUT2D eigenvalue weighted by Gasteiger charge is 2.17. The highest BCUT2D eigenvalue weighted by molar-refractivity contribution is 7.89. The molecule has 0 heterocycles. The Labute approximate surface area is 115 Å². The number of sulfonamides is 1. The van der Waals surface area contributed by atoms with Gasteiger partial charge in [-0.05, 0) is 30.2 Å². The highest BCUT2D eigenvalue weighted by atomic mass is 32.2. The molecule has 0 aliphatic heterocycles. The van der Waals surface area contributed by atoms with Gasteiger partial charge in [0.25, 0.3) is 0 Å². The first-order valence-corrected chi connectivity index (χ1v) is 7.63. The van der Waals surface area contributed by atoms with Crippen molar-refractivity contribution in [1.82, 2.24) is 4.31 Å². The molecule has 0 saturated heterocycles. The second-order valence-corrected chi connectivity index (χ2v) is 7.14. The first kappa shape index (κ1) is 15.9. The van der Waals surface area contributed by atoms with Gasteiger partial charge in [0.05, 0.1) is 17.5 Å². The van der Waals surface area contributed by atoms with Crippen molar-refractivity contribution < 1.29 is 13.5 Å². The number of hydrogen-bond acceptors (Lipinski definition) is 4. The Morgan fingerprint density at radius 1 is 1.21 bits per heavy atom. The summed E-state index contributed by atoms with van der Waals surface area (Å²) in [6, 6.07) is 6.50. The number of hydrogen-bond donors (Lipinski definition) is 2. The van der Waals surface area contributed by atoms with Crippen molar-refractivity contribution >= 4 is 15.7 Å². The summed E-state index contributed by atoms with van der Waals surface area (Å²) in [5.41, 5.74) is 0.797. The van der Waals surface area contributed by atoms with Crippen LogP contribution < -0.4 is 5.32 Å². The maximum absolute atomic E-state index is 11.9. The maximum Gasteiger partial charge on any atom is 0.242 e. The standard InChI is InChI=1S/C13H22N2O3S/c1-10(2)13(9-16)14-11-5-7-12(8-6-11)19(17,18)15(3)4/h5-8,10,13-14,16H,9H2,1-4H3/t13-/m1/s1. The molecular weight excluding hydrogens is 264 g/mol. The summed E-state index contributed by atoms with van der Waals surface area (Å²) in [5, 5.41) is 12.4. The summed E-state index contributed by atoms with van der Waals surface area (Å²) in [4.78, 5) is 0.258. The molecule has 0 fully saturated rings. The fraction of sp³-hybridized carbons (Fsp3) is 0.538. The second kappa shape index (κ2) is 6.36. The Balaban J connectivity index is 2.89. The van der Waals surface area contributed by atoms with Crippen LogP contribution in [0.25, 0.3) is 0 Å². The molecule has 0 spiro atoms. The Morgan fingerprint density at radius 2 is 1.74 bits per heavy atom. The number of nitrogens with one attached hydrogen (secondary N) is 1. The predicted octanol–water partition coefficient (Wildman–Crippen LogP) is 1.37. The summed E-state index contributed by atoms with van der Waals surface area (Å²) in [6.45, 7) is 4.06. The lowest BCUT2D eigenvalue weighted by Gasteiger charge is -2.21. The molecule has 1 rings (SSSR count). The molecule has 1 aromatic carbocycles. The van der Waals surface area contributed by atoms with Crippen molar-refractivity contribution in [3.63, 3.8) is 0 Å². The number of nitrogens with zero attached hydrogens (tertiary/aromatic N) is 1. The topological polar surface area (TPSA) is 69.6 Å². The van der Waals surface area contributed by atoms with Crippen molar-refractivity contribution in [2.45, 2.75) is 24.8 Å². The van der Waals surface area contributed by atoms with Gasteiger partial charge in [-0.3, -0.25) is 0 Å². The Kier molecular flexibility index (Phi) is 5.34. The van der Waals surface area contributed by atoms with Gasteiger partial charge in [-0.15, -0.1) is 0 Å². The summed E-state index contributed by atoms with van der Waals surface area (Å²) in [5.74, 6) is 0.287. The van der Waals surface area contributed by atoms with Crippen LogP contribution in [0.15, 0.2) is 29.2 Å². The third-order valence-electron chi connectivity index (χ3n) is 2.99. The zero-order chi connectivity index (χ0) is 14.6. The summed E-state index contributed by atoms with van der Waals surface area (Å²) >= 11 is 0. The largest absolute Gasteiger partial charge is 0.394 e. The van der Waals surface area contributed by atoms with Gasteiger partial charge >= 0.3 is 0 Å². The number of benzene rings is 1. The maximum atomic E-state index is 11.9. The third-order valence-corrected chi connectivity index (χ3v) is 4.82. The highest BCUT2D eigenvalue weighted by Crippen LogP contribution is 2.18. The van der Waals surface area contributed by atoms with Crippen LogP contribution in [0.2, 0.25) is 0 Å². The second-order valence-electron chi connectivity index (χ2n) is 4.99. The average Bonchev–Trinajstić information content (AvgIpc) is 2.35. The van der Waals surface area contributed by atoms with E-state index < -0.39 is 10.0 Å². The van der Waals surface area contributed by atoms with E-state index in [0.29, 0.717) is 0 Å². The molecule has 0 radical (unpaired) electrons. The Hall–Kier alpha value is -1.11. The predicted molar refractivity (Wildman–Crippen MR) is 76.6 cm³/mol. The first-order chi connectivity index (χ1) is 8.78. The SMILES string of the molecule is CC(C)[C@@H](CO)Nc1ccc(S(=O)(=O)N(C)C)cc1. The minimum atomic E-state index is -3.39. The molecule has 1 aromatic rings. The molecule has 1 atom stereocenters. The van der Waals surface area contributed by atoms with E-state index in [0.717, 1.165) is 5.69 Å². The molecule has 0 saturated carbocycles. The smallest absolute Gasteiger partial charge is 0.242 e. The number of anilines is 1. The molecule has 0 amide bonds. The molecule has 0 aliphatic carbocycles. The number of aliphatic hydroxyl groups excluding tert-OH is 1. The minimum Gasteiger partial charge on any atom is -0.394 e. The summed E-state index contributed by atoms with van der Waals surface area (Å²) in [7, 11) is -0.384. The van der Waals surface area contributed by atoms with Gasteiger partial charge in [-0.25, -0.2) is 12.7 Å². The minimum absolute atomic E-state index is 0.0371.